The molecule has 33 heavy (non-hydrogen) atoms. The van der Waals surface area contributed by atoms with Crippen molar-refractivity contribution in [3.63, 3.8) is 0 Å². The Balaban J connectivity index is 1.72. The molecule has 8 heteroatoms. The molecule has 1 aromatic heterocycles. The number of amides is 2. The lowest BCUT2D eigenvalue weighted by Gasteiger charge is -2.23. The van der Waals surface area contributed by atoms with Crippen molar-refractivity contribution in [1.29, 1.82) is 0 Å². The van der Waals surface area contributed by atoms with Crippen LogP contribution in [0.5, 0.6) is 0 Å². The Morgan fingerprint density at radius 3 is 2.39 bits per heavy atom. The molecule has 0 fully saturated rings. The highest BCUT2D eigenvalue weighted by Gasteiger charge is 2.27. The molecule has 3 rings (SSSR count). The second kappa shape index (κ2) is 10.6. The number of carbonyl (C=O) groups is 2. The summed E-state index contributed by atoms with van der Waals surface area (Å²) in [5, 5.41) is 15.1. The first-order chi connectivity index (χ1) is 15.6. The van der Waals surface area contributed by atoms with Crippen LogP contribution in [0.15, 0.2) is 53.0 Å². The molecule has 174 valence electrons. The van der Waals surface area contributed by atoms with E-state index in [-0.39, 0.29) is 23.1 Å². The van der Waals surface area contributed by atoms with Gasteiger partial charge in [-0.1, -0.05) is 92.6 Å². The number of nitrogens with one attached hydrogen (secondary N) is 2. The number of anilines is 1. The molecule has 2 amide bonds. The molecule has 0 aliphatic rings. The number of carbonyl (C=O) groups excluding carboxylic acids is 2. The van der Waals surface area contributed by atoms with Gasteiger partial charge in [-0.15, -0.1) is 10.2 Å². The van der Waals surface area contributed by atoms with E-state index in [9.17, 15) is 9.59 Å². The molecule has 6 nitrogen and oxygen atoms in total. The molecule has 0 radical (unpaired) electrons. The lowest BCUT2D eigenvalue weighted by atomic mass is 9.86. The van der Waals surface area contributed by atoms with Crippen molar-refractivity contribution in [1.82, 2.24) is 15.5 Å². The van der Waals surface area contributed by atoms with Crippen molar-refractivity contribution in [3.05, 3.63) is 64.1 Å². The quantitative estimate of drug-likeness (QED) is 0.391. The topological polar surface area (TPSA) is 84.0 Å². The second-order valence-electron chi connectivity index (χ2n) is 9.08. The van der Waals surface area contributed by atoms with E-state index >= 15 is 0 Å². The number of hydrogen-bond acceptors (Lipinski definition) is 5. The zero-order valence-corrected chi connectivity index (χ0v) is 21.9. The Hall–Kier alpha value is -2.58. The SMILES string of the molecule is CCC(C)C(NC(=O)c1ccc(C(C)(C)C)cc1)C(=O)Nc1nnc(-c2cccc(Br)c2)s1. The van der Waals surface area contributed by atoms with Crippen LogP contribution in [-0.2, 0) is 10.2 Å². The van der Waals surface area contributed by atoms with E-state index in [1.54, 1.807) is 12.1 Å². The summed E-state index contributed by atoms with van der Waals surface area (Å²) in [5.74, 6) is -0.635. The van der Waals surface area contributed by atoms with Crippen molar-refractivity contribution < 1.29 is 9.59 Å². The van der Waals surface area contributed by atoms with Crippen molar-refractivity contribution in [2.24, 2.45) is 5.92 Å². The summed E-state index contributed by atoms with van der Waals surface area (Å²) in [5.41, 5.74) is 2.59. The van der Waals surface area contributed by atoms with Crippen molar-refractivity contribution in [2.45, 2.75) is 52.5 Å². The molecule has 0 aliphatic heterocycles. The molecule has 3 aromatic rings. The van der Waals surface area contributed by atoms with E-state index in [2.05, 4.69) is 57.5 Å². The lowest BCUT2D eigenvalue weighted by molar-refractivity contribution is -0.119. The van der Waals surface area contributed by atoms with Crippen LogP contribution in [0.2, 0.25) is 0 Å². The predicted molar refractivity (Wildman–Crippen MR) is 138 cm³/mol. The van der Waals surface area contributed by atoms with Gasteiger partial charge in [-0.3, -0.25) is 14.9 Å². The minimum absolute atomic E-state index is 0.00454. The van der Waals surface area contributed by atoms with E-state index in [1.165, 1.54) is 11.3 Å². The molecule has 0 bridgehead atoms. The number of rotatable bonds is 7. The van der Waals surface area contributed by atoms with Crippen molar-refractivity contribution >= 4 is 44.2 Å². The standard InChI is InChI=1S/C25H29BrN4O2S/c1-6-15(2)20(27-21(31)16-10-12-18(13-11-16)25(3,4)5)22(32)28-24-30-29-23(33-24)17-8-7-9-19(26)14-17/h7-15,20H,6H2,1-5H3,(H,27,31)(H,28,30,32). The third-order valence-corrected chi connectivity index (χ3v) is 6.90. The van der Waals surface area contributed by atoms with Crippen molar-refractivity contribution in [3.8, 4) is 10.6 Å². The van der Waals surface area contributed by atoms with Gasteiger partial charge in [0.1, 0.15) is 11.0 Å². The van der Waals surface area contributed by atoms with E-state index in [0.29, 0.717) is 15.7 Å². The monoisotopic (exact) mass is 528 g/mol. The summed E-state index contributed by atoms with van der Waals surface area (Å²) in [6.07, 6.45) is 0.737. The van der Waals surface area contributed by atoms with Gasteiger partial charge in [0.2, 0.25) is 11.0 Å². The summed E-state index contributed by atoms with van der Waals surface area (Å²) < 4.78 is 0.941. The molecular weight excluding hydrogens is 500 g/mol. The maximum Gasteiger partial charge on any atom is 0.251 e. The fraction of sp³-hybridized carbons (Fsp3) is 0.360. The van der Waals surface area contributed by atoms with Gasteiger partial charge < -0.3 is 5.32 Å². The van der Waals surface area contributed by atoms with Gasteiger partial charge in [0, 0.05) is 15.6 Å². The summed E-state index contributed by atoms with van der Waals surface area (Å²) in [7, 11) is 0. The highest BCUT2D eigenvalue weighted by molar-refractivity contribution is 9.10. The Kier molecular flexibility index (Phi) is 8.02. The third-order valence-electron chi connectivity index (χ3n) is 5.52. The highest BCUT2D eigenvalue weighted by atomic mass is 79.9. The molecule has 0 aliphatic carbocycles. The van der Waals surface area contributed by atoms with E-state index in [4.69, 9.17) is 0 Å². The Morgan fingerprint density at radius 1 is 1.09 bits per heavy atom. The minimum Gasteiger partial charge on any atom is -0.340 e. The van der Waals surface area contributed by atoms with E-state index in [0.717, 1.165) is 22.0 Å². The normalized spacial score (nSPS) is 13.3. The number of benzene rings is 2. The van der Waals surface area contributed by atoms with Crippen LogP contribution in [0, 0.1) is 5.92 Å². The fourth-order valence-electron chi connectivity index (χ4n) is 3.24. The maximum atomic E-state index is 13.1. The van der Waals surface area contributed by atoms with Crippen LogP contribution in [0.4, 0.5) is 5.13 Å². The Labute approximate surface area is 207 Å². The molecule has 2 atom stereocenters. The van der Waals surface area contributed by atoms with Gasteiger partial charge in [0.05, 0.1) is 0 Å². The summed E-state index contributed by atoms with van der Waals surface area (Å²) in [4.78, 5) is 26.0. The second-order valence-corrected chi connectivity index (χ2v) is 11.0. The molecule has 0 saturated carbocycles. The minimum atomic E-state index is -0.692. The number of hydrogen-bond donors (Lipinski definition) is 2. The lowest BCUT2D eigenvalue weighted by Crippen LogP contribution is -2.47. The van der Waals surface area contributed by atoms with Crippen LogP contribution in [0.25, 0.3) is 10.6 Å². The Morgan fingerprint density at radius 2 is 1.79 bits per heavy atom. The molecule has 0 saturated heterocycles. The number of aromatic nitrogens is 2. The third kappa shape index (κ3) is 6.48. The first kappa shape index (κ1) is 25.1. The molecular formula is C25H29BrN4O2S. The molecule has 2 unspecified atom stereocenters. The van der Waals surface area contributed by atoms with Crippen LogP contribution < -0.4 is 10.6 Å². The average Bonchev–Trinajstić information content (AvgIpc) is 3.24. The average molecular weight is 530 g/mol. The zero-order chi connectivity index (χ0) is 24.2. The first-order valence-electron chi connectivity index (χ1n) is 10.9. The van der Waals surface area contributed by atoms with Crippen LogP contribution in [0.3, 0.4) is 0 Å². The van der Waals surface area contributed by atoms with Gasteiger partial charge in [-0.25, -0.2) is 0 Å². The smallest absolute Gasteiger partial charge is 0.251 e. The van der Waals surface area contributed by atoms with Crippen LogP contribution in [0.1, 0.15) is 57.0 Å². The number of nitrogens with zero attached hydrogens (tertiary/aromatic N) is 2. The predicted octanol–water partition coefficient (Wildman–Crippen LogP) is 6.05. The molecule has 2 aromatic carbocycles. The van der Waals surface area contributed by atoms with E-state index < -0.39 is 6.04 Å². The van der Waals surface area contributed by atoms with Gasteiger partial charge in [-0.2, -0.15) is 0 Å². The molecule has 0 spiro atoms. The zero-order valence-electron chi connectivity index (χ0n) is 19.5. The summed E-state index contributed by atoms with van der Waals surface area (Å²) >= 11 is 4.74. The Bertz CT molecular complexity index is 1120. The molecule has 2 N–H and O–H groups in total. The maximum absolute atomic E-state index is 13.1. The fourth-order valence-corrected chi connectivity index (χ4v) is 4.39. The van der Waals surface area contributed by atoms with Gasteiger partial charge in [-0.05, 0) is 41.2 Å². The number of halogens is 1. The van der Waals surface area contributed by atoms with E-state index in [1.807, 2.05) is 50.2 Å². The van der Waals surface area contributed by atoms with Crippen LogP contribution >= 0.6 is 27.3 Å². The summed E-state index contributed by atoms with van der Waals surface area (Å²) in [6.45, 7) is 10.3. The summed E-state index contributed by atoms with van der Waals surface area (Å²) in [6, 6.07) is 14.6. The molecule has 1 heterocycles. The van der Waals surface area contributed by atoms with Gasteiger partial charge in [0.25, 0.3) is 5.91 Å². The van der Waals surface area contributed by atoms with Gasteiger partial charge in [0.15, 0.2) is 0 Å². The highest BCUT2D eigenvalue weighted by Crippen LogP contribution is 2.28. The van der Waals surface area contributed by atoms with Crippen LogP contribution in [-0.4, -0.2) is 28.1 Å². The van der Waals surface area contributed by atoms with Gasteiger partial charge >= 0.3 is 0 Å². The largest absolute Gasteiger partial charge is 0.340 e. The first-order valence-corrected chi connectivity index (χ1v) is 12.5. The van der Waals surface area contributed by atoms with Crippen molar-refractivity contribution in [2.75, 3.05) is 5.32 Å².